The van der Waals surface area contributed by atoms with Gasteiger partial charge in [-0.25, -0.2) is 18.5 Å². The molecule has 0 unspecified atom stereocenters. The molecule has 8 nitrogen and oxygen atoms in total. The maximum Gasteiger partial charge on any atom is 0.258 e. The Bertz CT molecular complexity index is 1600. The maximum atomic E-state index is 11.5. The topological polar surface area (TPSA) is 124 Å². The second-order valence-electron chi connectivity index (χ2n) is 8.19. The number of pyridine rings is 1. The van der Waals surface area contributed by atoms with Crippen molar-refractivity contribution in [3.8, 4) is 22.8 Å². The highest BCUT2D eigenvalue weighted by Crippen LogP contribution is 2.31. The van der Waals surface area contributed by atoms with Gasteiger partial charge in [-0.1, -0.05) is 53.7 Å². The van der Waals surface area contributed by atoms with Gasteiger partial charge in [0, 0.05) is 17.5 Å². The predicted molar refractivity (Wildman–Crippen MR) is 135 cm³/mol. The molecule has 0 saturated carbocycles. The van der Waals surface area contributed by atoms with Crippen LogP contribution in [0.3, 0.4) is 0 Å². The van der Waals surface area contributed by atoms with E-state index in [1.807, 2.05) is 61.5 Å². The van der Waals surface area contributed by atoms with E-state index in [0.29, 0.717) is 30.5 Å². The molecule has 2 heterocycles. The van der Waals surface area contributed by atoms with Crippen LogP contribution in [-0.2, 0) is 16.4 Å². The number of aromatic nitrogens is 3. The highest BCUT2D eigenvalue weighted by Gasteiger charge is 2.17. The van der Waals surface area contributed by atoms with Crippen molar-refractivity contribution in [1.82, 2.24) is 15.1 Å². The second kappa shape index (κ2) is 9.28. The minimum absolute atomic E-state index is 0.0921. The lowest BCUT2D eigenvalue weighted by Gasteiger charge is -2.12. The zero-order valence-corrected chi connectivity index (χ0v) is 19.8. The fourth-order valence-electron chi connectivity index (χ4n) is 3.85. The molecule has 35 heavy (non-hydrogen) atoms. The Morgan fingerprint density at radius 1 is 0.943 bits per heavy atom. The molecule has 0 aliphatic rings. The number of anilines is 1. The van der Waals surface area contributed by atoms with Crippen molar-refractivity contribution in [2.45, 2.75) is 18.2 Å². The molecule has 0 spiro atoms. The van der Waals surface area contributed by atoms with E-state index in [9.17, 15) is 8.42 Å². The first-order chi connectivity index (χ1) is 16.9. The fourth-order valence-corrected chi connectivity index (χ4v) is 4.37. The fraction of sp³-hybridized carbons (Fsp3) is 0.115. The minimum Gasteiger partial charge on any atom is -0.369 e. The van der Waals surface area contributed by atoms with Gasteiger partial charge >= 0.3 is 0 Å². The summed E-state index contributed by atoms with van der Waals surface area (Å²) in [7, 11) is -3.71. The van der Waals surface area contributed by atoms with Crippen molar-refractivity contribution in [3.63, 3.8) is 0 Å². The van der Waals surface area contributed by atoms with Gasteiger partial charge in [0.15, 0.2) is 0 Å². The molecule has 0 bridgehead atoms. The Balaban J connectivity index is 1.44. The Kier molecular flexibility index (Phi) is 6.02. The van der Waals surface area contributed by atoms with Crippen molar-refractivity contribution in [2.24, 2.45) is 5.14 Å². The van der Waals surface area contributed by atoms with Crippen LogP contribution in [0.1, 0.15) is 11.1 Å². The third-order valence-electron chi connectivity index (χ3n) is 5.69. The van der Waals surface area contributed by atoms with Gasteiger partial charge in [0.05, 0.1) is 16.0 Å². The summed E-state index contributed by atoms with van der Waals surface area (Å²) >= 11 is 0. The summed E-state index contributed by atoms with van der Waals surface area (Å²) in [6.45, 7) is 2.59. The normalized spacial score (nSPS) is 11.6. The molecule has 0 aliphatic heterocycles. The third kappa shape index (κ3) is 4.91. The van der Waals surface area contributed by atoms with Crippen molar-refractivity contribution in [3.05, 3.63) is 90.0 Å². The quantitative estimate of drug-likeness (QED) is 0.346. The number of sulfonamides is 1. The smallest absolute Gasteiger partial charge is 0.258 e. The molecule has 9 heteroatoms. The lowest BCUT2D eigenvalue weighted by Crippen LogP contribution is -2.12. The number of benzene rings is 3. The zero-order valence-electron chi connectivity index (χ0n) is 19.0. The third-order valence-corrected chi connectivity index (χ3v) is 6.62. The minimum atomic E-state index is -3.71. The number of para-hydroxylation sites is 1. The van der Waals surface area contributed by atoms with E-state index in [1.54, 1.807) is 12.1 Å². The SMILES string of the molecule is Cc1cccc2cc(-c3noc(-c4ccccc4)n3)c(NCCc3ccc(S(N)(=O)=O)cc3)nc12. The highest BCUT2D eigenvalue weighted by atomic mass is 32.2. The van der Waals surface area contributed by atoms with Crippen molar-refractivity contribution in [2.75, 3.05) is 11.9 Å². The average molecular weight is 486 g/mol. The molecule has 0 amide bonds. The largest absolute Gasteiger partial charge is 0.369 e. The molecule has 0 atom stereocenters. The average Bonchev–Trinajstić information content (AvgIpc) is 3.35. The molecule has 176 valence electrons. The van der Waals surface area contributed by atoms with Gasteiger partial charge in [0.2, 0.25) is 15.8 Å². The lowest BCUT2D eigenvalue weighted by atomic mass is 10.1. The van der Waals surface area contributed by atoms with E-state index >= 15 is 0 Å². The second-order valence-corrected chi connectivity index (χ2v) is 9.75. The summed E-state index contributed by atoms with van der Waals surface area (Å²) in [6.07, 6.45) is 0.652. The first-order valence-electron chi connectivity index (χ1n) is 11.0. The molecule has 2 aromatic heterocycles. The number of hydrogen-bond donors (Lipinski definition) is 2. The summed E-state index contributed by atoms with van der Waals surface area (Å²) in [6, 6.07) is 24.2. The van der Waals surface area contributed by atoms with Crippen LogP contribution in [0.15, 0.2) is 88.3 Å². The molecule has 3 aromatic carbocycles. The van der Waals surface area contributed by atoms with E-state index < -0.39 is 10.0 Å². The van der Waals surface area contributed by atoms with Crippen LogP contribution in [0.5, 0.6) is 0 Å². The number of fused-ring (bicyclic) bond motifs is 1. The molecule has 0 radical (unpaired) electrons. The van der Waals surface area contributed by atoms with Crippen molar-refractivity contribution in [1.29, 1.82) is 0 Å². The van der Waals surface area contributed by atoms with Crippen LogP contribution in [-0.4, -0.2) is 30.1 Å². The number of nitrogens with two attached hydrogens (primary N) is 1. The van der Waals surface area contributed by atoms with Crippen molar-refractivity contribution < 1.29 is 12.9 Å². The first-order valence-corrected chi connectivity index (χ1v) is 12.6. The van der Waals surface area contributed by atoms with Gasteiger partial charge in [-0.2, -0.15) is 4.98 Å². The summed E-state index contributed by atoms with van der Waals surface area (Å²) < 4.78 is 28.5. The van der Waals surface area contributed by atoms with Gasteiger partial charge in [-0.05, 0) is 54.8 Å². The van der Waals surface area contributed by atoms with E-state index in [-0.39, 0.29) is 4.90 Å². The summed E-state index contributed by atoms with van der Waals surface area (Å²) in [4.78, 5) is 9.59. The maximum absolute atomic E-state index is 11.5. The predicted octanol–water partition coefficient (Wildman–Crippen LogP) is 4.56. The molecular formula is C26H23N5O3S. The number of hydrogen-bond acceptors (Lipinski definition) is 7. The highest BCUT2D eigenvalue weighted by molar-refractivity contribution is 7.89. The summed E-state index contributed by atoms with van der Waals surface area (Å²) in [5, 5.41) is 13.8. The van der Waals surface area contributed by atoms with Gasteiger partial charge in [-0.15, -0.1) is 0 Å². The monoisotopic (exact) mass is 485 g/mol. The molecule has 0 aliphatic carbocycles. The van der Waals surface area contributed by atoms with Crippen LogP contribution in [0.2, 0.25) is 0 Å². The Morgan fingerprint density at radius 3 is 2.46 bits per heavy atom. The number of aryl methyl sites for hydroxylation is 1. The summed E-state index contributed by atoms with van der Waals surface area (Å²) in [5.41, 5.74) is 4.50. The zero-order chi connectivity index (χ0) is 24.4. The molecule has 0 saturated heterocycles. The molecule has 3 N–H and O–H groups in total. The first kappa shape index (κ1) is 22.7. The van der Waals surface area contributed by atoms with Crippen LogP contribution in [0, 0.1) is 6.92 Å². The van der Waals surface area contributed by atoms with Gasteiger partial charge in [0.25, 0.3) is 5.89 Å². The van der Waals surface area contributed by atoms with Gasteiger partial charge < -0.3 is 9.84 Å². The standard InChI is InChI=1S/C26H23N5O3S/c1-17-6-5-9-20-16-22(25-30-26(34-31-25)19-7-3-2-4-8-19)24(29-23(17)20)28-15-14-18-10-12-21(13-11-18)35(27,32)33/h2-13,16H,14-15H2,1H3,(H,28,29)(H2,27,32,33). The van der Waals surface area contributed by atoms with Crippen LogP contribution in [0.4, 0.5) is 5.82 Å². The van der Waals surface area contributed by atoms with E-state index in [0.717, 1.165) is 33.2 Å². The van der Waals surface area contributed by atoms with Gasteiger partial charge in [-0.3, -0.25) is 0 Å². The number of nitrogens with one attached hydrogen (secondary N) is 1. The van der Waals surface area contributed by atoms with Crippen LogP contribution < -0.4 is 10.5 Å². The van der Waals surface area contributed by atoms with Crippen LogP contribution >= 0.6 is 0 Å². The van der Waals surface area contributed by atoms with E-state index in [2.05, 4.69) is 15.5 Å². The van der Waals surface area contributed by atoms with Gasteiger partial charge in [0.1, 0.15) is 5.82 Å². The Morgan fingerprint density at radius 2 is 1.71 bits per heavy atom. The molecule has 5 rings (SSSR count). The lowest BCUT2D eigenvalue weighted by molar-refractivity contribution is 0.432. The van der Waals surface area contributed by atoms with Crippen molar-refractivity contribution >= 4 is 26.7 Å². The molecular weight excluding hydrogens is 462 g/mol. The molecule has 0 fully saturated rings. The van der Waals surface area contributed by atoms with Crippen LogP contribution in [0.25, 0.3) is 33.7 Å². The van der Waals surface area contributed by atoms with E-state index in [1.165, 1.54) is 12.1 Å². The Hall–Kier alpha value is -4.08. The summed E-state index contributed by atoms with van der Waals surface area (Å²) in [5.74, 6) is 1.53. The van der Waals surface area contributed by atoms with E-state index in [4.69, 9.17) is 14.6 Å². The number of primary sulfonamides is 1. The Labute approximate surface area is 202 Å². The molecule has 5 aromatic rings. The number of nitrogens with zero attached hydrogens (tertiary/aromatic N) is 3. The number of rotatable bonds is 7.